The Morgan fingerprint density at radius 1 is 1.10 bits per heavy atom. The zero-order valence-corrected chi connectivity index (χ0v) is 24.0. The highest BCUT2D eigenvalue weighted by atomic mass is 32.2. The Labute approximate surface area is 230 Å². The van der Waals surface area contributed by atoms with Gasteiger partial charge in [-0.3, -0.25) is 9.59 Å². The van der Waals surface area contributed by atoms with Crippen molar-refractivity contribution in [2.45, 2.75) is 101 Å². The minimum absolute atomic E-state index is 0.0788. The number of carbonyl (C=O) groups excluding carboxylic acids is 2. The molecule has 2 unspecified atom stereocenters. The van der Waals surface area contributed by atoms with Crippen molar-refractivity contribution in [3.8, 4) is 0 Å². The lowest BCUT2D eigenvalue weighted by Crippen LogP contribution is -2.54. The molecule has 4 heterocycles. The van der Waals surface area contributed by atoms with Crippen LogP contribution in [-0.2, 0) is 24.3 Å². The average Bonchev–Trinajstić information content (AvgIpc) is 3.50. The van der Waals surface area contributed by atoms with Crippen LogP contribution in [0.3, 0.4) is 0 Å². The van der Waals surface area contributed by atoms with E-state index in [4.69, 9.17) is 4.74 Å². The Balaban J connectivity index is 1.22. The molecule has 3 atom stereocenters. The van der Waals surface area contributed by atoms with Gasteiger partial charge < -0.3 is 20.1 Å². The number of nitrogens with zero attached hydrogens (tertiary/aromatic N) is 5. The molecule has 1 aromatic heterocycles. The number of aliphatic hydroxyl groups excluding tert-OH is 1. The van der Waals surface area contributed by atoms with E-state index in [-0.39, 0.29) is 30.8 Å². The maximum absolute atomic E-state index is 13.9. The van der Waals surface area contributed by atoms with Crippen molar-refractivity contribution in [2.75, 3.05) is 32.8 Å². The van der Waals surface area contributed by atoms with Crippen molar-refractivity contribution in [1.82, 2.24) is 29.5 Å². The molecule has 13 heteroatoms. The molecular formula is C26H42N6O6S. The van der Waals surface area contributed by atoms with Crippen molar-refractivity contribution >= 4 is 21.8 Å². The van der Waals surface area contributed by atoms with Crippen molar-refractivity contribution < 1.29 is 27.9 Å². The molecule has 39 heavy (non-hydrogen) atoms. The van der Waals surface area contributed by atoms with Crippen LogP contribution in [-0.4, -0.2) is 106 Å². The molecule has 4 aliphatic rings. The monoisotopic (exact) mass is 566 g/mol. The molecule has 1 aliphatic carbocycles. The summed E-state index contributed by atoms with van der Waals surface area (Å²) < 4.78 is 34.5. The number of β-amino-alcohol motifs (C(OH)–C–C–N with tert-alkyl or cyclic N) is 1. The Morgan fingerprint density at radius 3 is 2.38 bits per heavy atom. The second-order valence-electron chi connectivity index (χ2n) is 12.6. The van der Waals surface area contributed by atoms with Crippen LogP contribution in [0.25, 0.3) is 0 Å². The quantitative estimate of drug-likeness (QED) is 0.493. The van der Waals surface area contributed by atoms with E-state index >= 15 is 0 Å². The topological polar surface area (TPSA) is 147 Å². The summed E-state index contributed by atoms with van der Waals surface area (Å²) in [6.07, 6.45) is 5.40. The van der Waals surface area contributed by atoms with Crippen LogP contribution in [0.5, 0.6) is 0 Å². The Bertz CT molecular complexity index is 1150. The van der Waals surface area contributed by atoms with Crippen LogP contribution in [0.4, 0.5) is 0 Å². The Hall–Kier alpha value is -2.09. The molecule has 0 aromatic carbocycles. The zero-order chi connectivity index (χ0) is 27.9. The number of likely N-dealkylation sites (tertiary alicyclic amines) is 1. The number of hydrogen-bond acceptors (Lipinski definition) is 8. The minimum Gasteiger partial charge on any atom is -0.391 e. The van der Waals surface area contributed by atoms with Gasteiger partial charge in [-0.25, -0.2) is 17.4 Å². The number of carbonyl (C=O) groups is 2. The molecule has 0 spiro atoms. The third-order valence-corrected chi connectivity index (χ3v) is 10.9. The normalized spacial score (nSPS) is 27.0. The predicted octanol–water partition coefficient (Wildman–Crippen LogP) is 0.794. The van der Waals surface area contributed by atoms with Crippen molar-refractivity contribution in [3.63, 3.8) is 0 Å². The van der Waals surface area contributed by atoms with Crippen molar-refractivity contribution in [2.24, 2.45) is 5.41 Å². The van der Waals surface area contributed by atoms with Gasteiger partial charge in [-0.2, -0.15) is 0 Å². The maximum Gasteiger partial charge on any atom is 0.248 e. The average molecular weight is 567 g/mol. The summed E-state index contributed by atoms with van der Waals surface area (Å²) in [5.74, 6) is -0.168. The fourth-order valence-electron chi connectivity index (χ4n) is 6.06. The molecule has 5 rings (SSSR count). The lowest BCUT2D eigenvalue weighted by Gasteiger charge is -2.36. The lowest BCUT2D eigenvalue weighted by atomic mass is 9.85. The first kappa shape index (κ1) is 28.4. The molecule has 218 valence electrons. The van der Waals surface area contributed by atoms with E-state index in [0.717, 1.165) is 18.5 Å². The van der Waals surface area contributed by atoms with E-state index in [2.05, 4.69) is 15.6 Å². The smallest absolute Gasteiger partial charge is 0.248 e. The fourth-order valence-corrected chi connectivity index (χ4v) is 7.99. The molecule has 4 fully saturated rings. The van der Waals surface area contributed by atoms with Crippen LogP contribution in [0.15, 0.2) is 6.20 Å². The number of rotatable bonds is 7. The van der Waals surface area contributed by atoms with Crippen LogP contribution >= 0.6 is 0 Å². The number of nitrogens with one attached hydrogen (secondary N) is 1. The van der Waals surface area contributed by atoms with Crippen LogP contribution in [0.2, 0.25) is 0 Å². The Morgan fingerprint density at radius 2 is 1.77 bits per heavy atom. The van der Waals surface area contributed by atoms with E-state index in [1.54, 1.807) is 8.99 Å². The number of piperidine rings is 1. The third-order valence-electron chi connectivity index (χ3n) is 8.46. The van der Waals surface area contributed by atoms with Gasteiger partial charge in [-0.15, -0.1) is 5.10 Å². The van der Waals surface area contributed by atoms with Gasteiger partial charge in [-0.1, -0.05) is 26.0 Å². The van der Waals surface area contributed by atoms with Gasteiger partial charge in [-0.05, 0) is 43.9 Å². The highest BCUT2D eigenvalue weighted by Crippen LogP contribution is 2.40. The minimum atomic E-state index is -3.39. The van der Waals surface area contributed by atoms with Crippen molar-refractivity contribution in [3.05, 3.63) is 11.9 Å². The lowest BCUT2D eigenvalue weighted by molar-refractivity contribution is -0.144. The summed E-state index contributed by atoms with van der Waals surface area (Å²) >= 11 is 0. The second kappa shape index (κ2) is 11.1. The summed E-state index contributed by atoms with van der Waals surface area (Å²) in [6, 6.07) is -1.66. The molecule has 2 amide bonds. The van der Waals surface area contributed by atoms with Gasteiger partial charge in [0.05, 0.1) is 17.0 Å². The molecule has 2 N–H and O–H groups in total. The van der Waals surface area contributed by atoms with E-state index in [9.17, 15) is 23.1 Å². The van der Waals surface area contributed by atoms with Gasteiger partial charge in [0.25, 0.3) is 0 Å². The zero-order valence-electron chi connectivity index (χ0n) is 23.2. The SMILES string of the molecule is CC(C)(C)[C@@H](C(=O)N1CC(O)CC1C(=O)NC1CCN(S(=O)(=O)C2CCOCC2)CC1)n1cc(C2CC2)nn1. The fraction of sp³-hybridized carbons (Fsp3) is 0.846. The number of hydrogen-bond donors (Lipinski definition) is 2. The van der Waals surface area contributed by atoms with E-state index in [1.165, 1.54) is 4.90 Å². The second-order valence-corrected chi connectivity index (χ2v) is 14.8. The first-order valence-corrected chi connectivity index (χ1v) is 15.7. The van der Waals surface area contributed by atoms with Gasteiger partial charge in [0.1, 0.15) is 12.1 Å². The predicted molar refractivity (Wildman–Crippen MR) is 142 cm³/mol. The third kappa shape index (κ3) is 6.15. The first-order chi connectivity index (χ1) is 18.4. The standard InChI is InChI=1S/C26H42N6O6S/c1-26(2,3)23(32-16-21(28-29-32)17-4-5-17)25(35)31-15-19(33)14-22(31)24(34)27-18-6-10-30(11-7-18)39(36,37)20-8-12-38-13-9-20/h16-20,22-23,33H,4-15H2,1-3H3,(H,27,34)/t19?,22?,23-/m1/s1. The van der Waals surface area contributed by atoms with Crippen LogP contribution in [0, 0.1) is 5.41 Å². The highest BCUT2D eigenvalue weighted by Gasteiger charge is 2.46. The maximum atomic E-state index is 13.9. The molecule has 0 bridgehead atoms. The van der Waals surface area contributed by atoms with Crippen LogP contribution < -0.4 is 5.32 Å². The van der Waals surface area contributed by atoms with Gasteiger partial charge in [0, 0.05) is 57.4 Å². The summed E-state index contributed by atoms with van der Waals surface area (Å²) in [4.78, 5) is 28.8. The Kier molecular flexibility index (Phi) is 8.06. The number of ether oxygens (including phenoxy) is 1. The molecule has 1 aromatic rings. The van der Waals surface area contributed by atoms with Crippen LogP contribution in [0.1, 0.15) is 83.4 Å². The number of aliphatic hydroxyl groups is 1. The molecule has 0 radical (unpaired) electrons. The highest BCUT2D eigenvalue weighted by molar-refractivity contribution is 7.89. The van der Waals surface area contributed by atoms with E-state index in [0.29, 0.717) is 57.9 Å². The molecule has 3 aliphatic heterocycles. The molecule has 12 nitrogen and oxygen atoms in total. The van der Waals surface area contributed by atoms with Gasteiger partial charge in [0.15, 0.2) is 0 Å². The van der Waals surface area contributed by atoms with E-state index < -0.39 is 38.9 Å². The summed E-state index contributed by atoms with van der Waals surface area (Å²) in [6.45, 7) is 7.58. The number of aromatic nitrogens is 3. The molecular weight excluding hydrogens is 524 g/mol. The van der Waals surface area contributed by atoms with Crippen molar-refractivity contribution in [1.29, 1.82) is 0 Å². The number of amides is 2. The number of sulfonamides is 1. The summed E-state index contributed by atoms with van der Waals surface area (Å²) in [5, 5.41) is 21.7. The van der Waals surface area contributed by atoms with E-state index in [1.807, 2.05) is 27.0 Å². The molecule has 3 saturated heterocycles. The van der Waals surface area contributed by atoms with Gasteiger partial charge >= 0.3 is 0 Å². The van der Waals surface area contributed by atoms with Gasteiger partial charge in [0.2, 0.25) is 21.8 Å². The molecule has 1 saturated carbocycles. The summed E-state index contributed by atoms with van der Waals surface area (Å²) in [5.41, 5.74) is 0.390. The largest absolute Gasteiger partial charge is 0.391 e. The first-order valence-electron chi connectivity index (χ1n) is 14.2. The summed E-state index contributed by atoms with van der Waals surface area (Å²) in [7, 11) is -3.39.